The molecule has 124 valence electrons. The molecule has 0 fully saturated rings. The van der Waals surface area contributed by atoms with Gasteiger partial charge in [-0.1, -0.05) is 23.9 Å². The van der Waals surface area contributed by atoms with Crippen LogP contribution in [0.25, 0.3) is 11.0 Å². The molecular weight excluding hydrogens is 437 g/mol. The highest BCUT2D eigenvalue weighted by Gasteiger charge is 2.09. The zero-order chi connectivity index (χ0) is 16.9. The molecule has 2 aromatic carbocycles. The summed E-state index contributed by atoms with van der Waals surface area (Å²) in [5.41, 5.74) is 2.59. The van der Waals surface area contributed by atoms with Gasteiger partial charge in [0.25, 0.3) is 0 Å². The second-order valence-electron chi connectivity index (χ2n) is 4.97. The number of hydrogen-bond acceptors (Lipinski definition) is 4. The molecular formula is C17H16IN3O2S. The van der Waals surface area contributed by atoms with E-state index in [0.29, 0.717) is 12.4 Å². The van der Waals surface area contributed by atoms with Crippen molar-refractivity contribution in [3.8, 4) is 5.75 Å². The Balaban J connectivity index is 1.62. The lowest BCUT2D eigenvalue weighted by atomic mass is 10.3. The van der Waals surface area contributed by atoms with E-state index >= 15 is 0 Å². The number of ether oxygens (including phenoxy) is 1. The van der Waals surface area contributed by atoms with Crippen molar-refractivity contribution in [3.05, 3.63) is 46.0 Å². The summed E-state index contributed by atoms with van der Waals surface area (Å²) in [7, 11) is 0. The van der Waals surface area contributed by atoms with E-state index in [0.717, 1.165) is 31.2 Å². The standard InChI is InChI=1S/C17H16IN3O2S/c1-2-23-11-7-8-14-15(9-11)21-17(20-14)24-10-16(22)19-13-6-4-3-5-12(13)18/h3-9H,2,10H2,1H3,(H,19,22)(H,20,21). The maximum atomic E-state index is 12.1. The molecule has 0 unspecified atom stereocenters. The maximum Gasteiger partial charge on any atom is 0.234 e. The van der Waals surface area contributed by atoms with Crippen LogP contribution in [0.15, 0.2) is 47.6 Å². The zero-order valence-electron chi connectivity index (χ0n) is 13.0. The normalized spacial score (nSPS) is 10.8. The van der Waals surface area contributed by atoms with Crippen LogP contribution < -0.4 is 10.1 Å². The first kappa shape index (κ1) is 17.1. The van der Waals surface area contributed by atoms with Crippen LogP contribution in [0.2, 0.25) is 0 Å². The molecule has 0 atom stereocenters. The number of aromatic amines is 1. The van der Waals surface area contributed by atoms with Crippen molar-refractivity contribution in [2.45, 2.75) is 12.1 Å². The molecule has 0 aliphatic heterocycles. The van der Waals surface area contributed by atoms with Gasteiger partial charge in [-0.05, 0) is 53.8 Å². The van der Waals surface area contributed by atoms with Gasteiger partial charge in [-0.3, -0.25) is 4.79 Å². The molecule has 0 aliphatic rings. The lowest BCUT2D eigenvalue weighted by Crippen LogP contribution is -2.14. The molecule has 0 spiro atoms. The van der Waals surface area contributed by atoms with Gasteiger partial charge >= 0.3 is 0 Å². The summed E-state index contributed by atoms with van der Waals surface area (Å²) in [6.07, 6.45) is 0. The highest BCUT2D eigenvalue weighted by molar-refractivity contribution is 14.1. The zero-order valence-corrected chi connectivity index (χ0v) is 16.0. The molecule has 0 aliphatic carbocycles. The Labute approximate surface area is 157 Å². The number of benzene rings is 2. The highest BCUT2D eigenvalue weighted by atomic mass is 127. The van der Waals surface area contributed by atoms with Crippen molar-refractivity contribution in [3.63, 3.8) is 0 Å². The van der Waals surface area contributed by atoms with E-state index in [2.05, 4.69) is 37.9 Å². The van der Waals surface area contributed by atoms with Crippen LogP contribution in [-0.2, 0) is 4.79 Å². The Bertz CT molecular complexity index is 866. The summed E-state index contributed by atoms with van der Waals surface area (Å²) in [5, 5.41) is 3.63. The number of para-hydroxylation sites is 1. The Kier molecular flexibility index (Phi) is 5.62. The molecule has 1 aromatic heterocycles. The van der Waals surface area contributed by atoms with Crippen LogP contribution >= 0.6 is 34.4 Å². The van der Waals surface area contributed by atoms with Crippen LogP contribution in [-0.4, -0.2) is 28.2 Å². The number of amides is 1. The first-order chi connectivity index (χ1) is 11.7. The molecule has 1 heterocycles. The third-order valence-corrected chi connectivity index (χ3v) is 5.04. The van der Waals surface area contributed by atoms with Crippen molar-refractivity contribution in [2.75, 3.05) is 17.7 Å². The smallest absolute Gasteiger partial charge is 0.234 e. The van der Waals surface area contributed by atoms with Crippen molar-refractivity contribution < 1.29 is 9.53 Å². The number of rotatable bonds is 6. The summed E-state index contributed by atoms with van der Waals surface area (Å²) in [6.45, 7) is 2.57. The van der Waals surface area contributed by atoms with Crippen molar-refractivity contribution in [2.24, 2.45) is 0 Å². The monoisotopic (exact) mass is 453 g/mol. The van der Waals surface area contributed by atoms with Gasteiger partial charge < -0.3 is 15.0 Å². The van der Waals surface area contributed by atoms with Gasteiger partial charge in [0.15, 0.2) is 5.16 Å². The minimum atomic E-state index is -0.0559. The predicted molar refractivity (Wildman–Crippen MR) is 106 cm³/mol. The van der Waals surface area contributed by atoms with Crippen LogP contribution in [0.3, 0.4) is 0 Å². The number of nitrogens with one attached hydrogen (secondary N) is 2. The first-order valence-corrected chi connectivity index (χ1v) is 9.52. The summed E-state index contributed by atoms with van der Waals surface area (Å²) in [6, 6.07) is 13.4. The average Bonchev–Trinajstić information content (AvgIpc) is 2.98. The number of halogens is 1. The van der Waals surface area contributed by atoms with Crippen LogP contribution in [0.4, 0.5) is 5.69 Å². The van der Waals surface area contributed by atoms with Gasteiger partial charge in [-0.2, -0.15) is 0 Å². The number of thioether (sulfide) groups is 1. The molecule has 0 saturated heterocycles. The van der Waals surface area contributed by atoms with Crippen LogP contribution in [0.5, 0.6) is 5.75 Å². The number of hydrogen-bond donors (Lipinski definition) is 2. The predicted octanol–water partition coefficient (Wildman–Crippen LogP) is 4.30. The van der Waals surface area contributed by atoms with Gasteiger partial charge in [0.1, 0.15) is 5.75 Å². The van der Waals surface area contributed by atoms with Gasteiger partial charge in [0.2, 0.25) is 5.91 Å². The number of carbonyl (C=O) groups is 1. The summed E-state index contributed by atoms with van der Waals surface area (Å²) in [4.78, 5) is 19.8. The van der Waals surface area contributed by atoms with Crippen molar-refractivity contribution in [1.82, 2.24) is 9.97 Å². The third-order valence-electron chi connectivity index (χ3n) is 3.23. The van der Waals surface area contributed by atoms with Gasteiger partial charge in [-0.25, -0.2) is 4.98 Å². The molecule has 3 aromatic rings. The fraction of sp³-hybridized carbons (Fsp3) is 0.176. The second-order valence-corrected chi connectivity index (χ2v) is 7.10. The molecule has 2 N–H and O–H groups in total. The average molecular weight is 453 g/mol. The number of aromatic nitrogens is 2. The van der Waals surface area contributed by atoms with E-state index in [9.17, 15) is 4.79 Å². The van der Waals surface area contributed by atoms with Crippen LogP contribution in [0, 0.1) is 3.57 Å². The van der Waals surface area contributed by atoms with E-state index in [1.165, 1.54) is 11.8 Å². The SMILES string of the molecule is CCOc1ccc2nc(SCC(=O)Nc3ccccc3I)[nH]c2c1. The molecule has 0 saturated carbocycles. The van der Waals surface area contributed by atoms with E-state index in [1.807, 2.05) is 49.4 Å². The Morgan fingerprint density at radius 1 is 1.33 bits per heavy atom. The molecule has 3 rings (SSSR count). The number of nitrogens with zero attached hydrogens (tertiary/aromatic N) is 1. The molecule has 0 bridgehead atoms. The van der Waals surface area contributed by atoms with E-state index in [4.69, 9.17) is 4.74 Å². The van der Waals surface area contributed by atoms with Crippen molar-refractivity contribution in [1.29, 1.82) is 0 Å². The van der Waals surface area contributed by atoms with Gasteiger partial charge in [-0.15, -0.1) is 0 Å². The minimum absolute atomic E-state index is 0.0559. The summed E-state index contributed by atoms with van der Waals surface area (Å²) >= 11 is 3.58. The number of carbonyl (C=O) groups excluding carboxylic acids is 1. The van der Waals surface area contributed by atoms with Gasteiger partial charge in [0, 0.05) is 9.64 Å². The summed E-state index contributed by atoms with van der Waals surface area (Å²) < 4.78 is 6.49. The Morgan fingerprint density at radius 2 is 2.17 bits per heavy atom. The molecule has 24 heavy (non-hydrogen) atoms. The minimum Gasteiger partial charge on any atom is -0.494 e. The molecule has 5 nitrogen and oxygen atoms in total. The molecule has 0 radical (unpaired) electrons. The maximum absolute atomic E-state index is 12.1. The molecule has 7 heteroatoms. The first-order valence-electron chi connectivity index (χ1n) is 7.45. The number of imidazole rings is 1. The highest BCUT2D eigenvalue weighted by Crippen LogP contribution is 2.24. The third kappa shape index (κ3) is 4.21. The number of anilines is 1. The fourth-order valence-electron chi connectivity index (χ4n) is 2.17. The van der Waals surface area contributed by atoms with Gasteiger partial charge in [0.05, 0.1) is 29.1 Å². The fourth-order valence-corrected chi connectivity index (χ4v) is 3.38. The Morgan fingerprint density at radius 3 is 2.96 bits per heavy atom. The van der Waals surface area contributed by atoms with Crippen molar-refractivity contribution >= 4 is 57.0 Å². The quantitative estimate of drug-likeness (QED) is 0.432. The summed E-state index contributed by atoms with van der Waals surface area (Å²) in [5.74, 6) is 1.05. The van der Waals surface area contributed by atoms with E-state index in [1.54, 1.807) is 0 Å². The van der Waals surface area contributed by atoms with E-state index < -0.39 is 0 Å². The molecule has 1 amide bonds. The Hall–Kier alpha value is -1.74. The second kappa shape index (κ2) is 7.89. The lowest BCUT2D eigenvalue weighted by Gasteiger charge is -2.06. The lowest BCUT2D eigenvalue weighted by molar-refractivity contribution is -0.113. The number of fused-ring (bicyclic) bond motifs is 1. The van der Waals surface area contributed by atoms with E-state index in [-0.39, 0.29) is 5.91 Å². The topological polar surface area (TPSA) is 67.0 Å². The number of H-pyrrole nitrogens is 1. The largest absolute Gasteiger partial charge is 0.494 e. The van der Waals surface area contributed by atoms with Crippen LogP contribution in [0.1, 0.15) is 6.92 Å².